The van der Waals surface area contributed by atoms with Gasteiger partial charge in [0, 0.05) is 30.4 Å². The van der Waals surface area contributed by atoms with E-state index in [2.05, 4.69) is 10.6 Å². The van der Waals surface area contributed by atoms with Gasteiger partial charge in [-0.1, -0.05) is 60.7 Å². The summed E-state index contributed by atoms with van der Waals surface area (Å²) in [5.74, 6) is -0.386. The molecule has 2 saturated heterocycles. The molecule has 2 aliphatic heterocycles. The van der Waals surface area contributed by atoms with Crippen LogP contribution in [0.4, 0.5) is 11.6 Å². The summed E-state index contributed by atoms with van der Waals surface area (Å²) >= 11 is 0. The zero-order valence-electron chi connectivity index (χ0n) is 26.7. The molecule has 2 N–H and O–H groups in total. The van der Waals surface area contributed by atoms with Gasteiger partial charge in [-0.05, 0) is 81.0 Å². The molecule has 3 heterocycles. The highest BCUT2D eigenvalue weighted by Gasteiger charge is 2.37. The average Bonchev–Trinajstić information content (AvgIpc) is 3.90. The standard InChI is InChI=1S/C38H40N4O5/c1-25(27-11-5-3-6-12-27)37(45)41-23-9-15-31(41)35(43)39-30-19-17-29(18-20-30)33-21-22-34(47-33)40-36(44)32-16-10-24-42(32)38(46)26(2)28-13-7-4-8-14-28/h3-8,11-14,17-22,25-26,31-32H,9-10,15-16,23-24H2,1-2H3,(H,39,43)(H,40,44)/t25-,26-,31?,32?/m1/s1. The van der Waals surface area contributed by atoms with Crippen molar-refractivity contribution in [2.75, 3.05) is 23.7 Å². The normalized spacial score (nSPS) is 18.9. The Kier molecular flexibility index (Phi) is 9.52. The highest BCUT2D eigenvalue weighted by atomic mass is 16.4. The molecule has 9 heteroatoms. The summed E-state index contributed by atoms with van der Waals surface area (Å²) in [6, 6.07) is 28.8. The highest BCUT2D eigenvalue weighted by molar-refractivity contribution is 5.99. The third-order valence-electron chi connectivity index (χ3n) is 9.31. The smallest absolute Gasteiger partial charge is 0.249 e. The Bertz CT molecular complexity index is 1720. The van der Waals surface area contributed by atoms with E-state index in [0.29, 0.717) is 43.3 Å². The van der Waals surface area contributed by atoms with Crippen LogP contribution < -0.4 is 10.6 Å². The minimum absolute atomic E-state index is 0.0427. The first kappa shape index (κ1) is 31.8. The molecule has 6 rings (SSSR count). The van der Waals surface area contributed by atoms with Crippen molar-refractivity contribution in [3.63, 3.8) is 0 Å². The van der Waals surface area contributed by atoms with Crippen LogP contribution in [0.25, 0.3) is 11.3 Å². The molecule has 0 radical (unpaired) electrons. The van der Waals surface area contributed by atoms with E-state index in [1.807, 2.05) is 86.6 Å². The van der Waals surface area contributed by atoms with Crippen LogP contribution in [-0.4, -0.2) is 58.6 Å². The van der Waals surface area contributed by atoms with Gasteiger partial charge in [-0.3, -0.25) is 24.5 Å². The van der Waals surface area contributed by atoms with Crippen LogP contribution in [0.15, 0.2) is 101 Å². The van der Waals surface area contributed by atoms with Crippen molar-refractivity contribution in [3.05, 3.63) is 108 Å². The summed E-state index contributed by atoms with van der Waals surface area (Å²) in [6.45, 7) is 4.86. The topological polar surface area (TPSA) is 112 Å². The van der Waals surface area contributed by atoms with Crippen LogP contribution in [0.1, 0.15) is 62.5 Å². The van der Waals surface area contributed by atoms with Gasteiger partial charge in [-0.15, -0.1) is 0 Å². The lowest BCUT2D eigenvalue weighted by molar-refractivity contribution is -0.137. The molecule has 242 valence electrons. The van der Waals surface area contributed by atoms with E-state index in [0.717, 1.165) is 29.5 Å². The van der Waals surface area contributed by atoms with Gasteiger partial charge >= 0.3 is 0 Å². The second-order valence-corrected chi connectivity index (χ2v) is 12.4. The van der Waals surface area contributed by atoms with Gasteiger partial charge in [0.15, 0.2) is 5.88 Å². The van der Waals surface area contributed by atoms with Crippen LogP contribution >= 0.6 is 0 Å². The van der Waals surface area contributed by atoms with Gasteiger partial charge in [0.25, 0.3) is 0 Å². The molecule has 1 aromatic heterocycles. The molecule has 0 saturated carbocycles. The van der Waals surface area contributed by atoms with E-state index in [1.54, 1.807) is 34.1 Å². The Morgan fingerprint density at radius 2 is 1.13 bits per heavy atom. The second-order valence-electron chi connectivity index (χ2n) is 12.4. The first-order chi connectivity index (χ1) is 22.8. The number of carbonyl (C=O) groups excluding carboxylic acids is 4. The molecule has 0 spiro atoms. The predicted molar refractivity (Wildman–Crippen MR) is 181 cm³/mol. The Morgan fingerprint density at radius 3 is 1.64 bits per heavy atom. The maximum Gasteiger partial charge on any atom is 0.249 e. The van der Waals surface area contributed by atoms with Crippen LogP contribution in [-0.2, 0) is 19.2 Å². The van der Waals surface area contributed by atoms with Gasteiger partial charge in [-0.2, -0.15) is 0 Å². The molecule has 9 nitrogen and oxygen atoms in total. The van der Waals surface area contributed by atoms with Gasteiger partial charge in [0.05, 0.1) is 11.8 Å². The van der Waals surface area contributed by atoms with Crippen molar-refractivity contribution in [2.45, 2.75) is 63.5 Å². The second kappa shape index (κ2) is 14.1. The van der Waals surface area contributed by atoms with E-state index >= 15 is 0 Å². The largest absolute Gasteiger partial charge is 0.440 e. The minimum Gasteiger partial charge on any atom is -0.440 e. The maximum atomic E-state index is 13.3. The van der Waals surface area contributed by atoms with Crippen molar-refractivity contribution in [3.8, 4) is 11.3 Å². The first-order valence-electron chi connectivity index (χ1n) is 16.3. The Hall–Kier alpha value is -5.18. The van der Waals surface area contributed by atoms with Crippen LogP contribution in [0.2, 0.25) is 0 Å². The van der Waals surface area contributed by atoms with E-state index in [-0.39, 0.29) is 35.5 Å². The summed E-state index contributed by atoms with van der Waals surface area (Å²) in [5.41, 5.74) is 3.25. The summed E-state index contributed by atoms with van der Waals surface area (Å²) in [7, 11) is 0. The quantitative estimate of drug-likeness (QED) is 0.221. The number of anilines is 2. The SMILES string of the molecule is C[C@@H](C(=O)N1CCCC1C(=O)Nc1ccc(-c2ccc(NC(=O)C3CCCN3C(=O)[C@H](C)c3ccccc3)o2)cc1)c1ccccc1. The third-order valence-corrected chi connectivity index (χ3v) is 9.31. The molecule has 2 fully saturated rings. The molecule has 2 unspecified atom stereocenters. The number of benzene rings is 3. The Morgan fingerprint density at radius 1 is 0.638 bits per heavy atom. The van der Waals surface area contributed by atoms with E-state index in [9.17, 15) is 19.2 Å². The number of hydrogen-bond donors (Lipinski definition) is 2. The summed E-state index contributed by atoms with van der Waals surface area (Å²) in [4.78, 5) is 56.4. The molecular weight excluding hydrogens is 592 g/mol. The fourth-order valence-corrected chi connectivity index (χ4v) is 6.58. The number of carbonyl (C=O) groups is 4. The minimum atomic E-state index is -0.558. The number of furan rings is 1. The van der Waals surface area contributed by atoms with Crippen molar-refractivity contribution in [1.82, 2.24) is 9.80 Å². The van der Waals surface area contributed by atoms with Gasteiger partial charge in [0.2, 0.25) is 23.6 Å². The van der Waals surface area contributed by atoms with Gasteiger partial charge in [-0.25, -0.2) is 0 Å². The molecular formula is C38H40N4O5. The molecule has 47 heavy (non-hydrogen) atoms. The van der Waals surface area contributed by atoms with Crippen molar-refractivity contribution in [2.24, 2.45) is 0 Å². The third kappa shape index (κ3) is 6.99. The molecule has 4 atom stereocenters. The van der Waals surface area contributed by atoms with Crippen LogP contribution in [0.5, 0.6) is 0 Å². The summed E-state index contributed by atoms with van der Waals surface area (Å²) in [6.07, 6.45) is 2.76. The highest BCUT2D eigenvalue weighted by Crippen LogP contribution is 2.30. The van der Waals surface area contributed by atoms with Crippen molar-refractivity contribution in [1.29, 1.82) is 0 Å². The number of amides is 4. The molecule has 3 aromatic carbocycles. The number of rotatable bonds is 9. The number of nitrogens with one attached hydrogen (secondary N) is 2. The lowest BCUT2D eigenvalue weighted by Gasteiger charge is -2.27. The average molecular weight is 633 g/mol. The lowest BCUT2D eigenvalue weighted by atomic mass is 9.99. The van der Waals surface area contributed by atoms with Crippen molar-refractivity contribution >= 4 is 35.2 Å². The summed E-state index contributed by atoms with van der Waals surface area (Å²) < 4.78 is 5.95. The van der Waals surface area contributed by atoms with Crippen LogP contribution in [0.3, 0.4) is 0 Å². The number of hydrogen-bond acceptors (Lipinski definition) is 5. The van der Waals surface area contributed by atoms with E-state index in [1.165, 1.54) is 0 Å². The first-order valence-corrected chi connectivity index (χ1v) is 16.3. The number of nitrogens with zero attached hydrogens (tertiary/aromatic N) is 2. The molecule has 2 aliphatic rings. The lowest BCUT2D eigenvalue weighted by Crippen LogP contribution is -2.44. The molecule has 4 amide bonds. The zero-order valence-corrected chi connectivity index (χ0v) is 26.7. The fraction of sp³-hybridized carbons (Fsp3) is 0.316. The van der Waals surface area contributed by atoms with Crippen molar-refractivity contribution < 1.29 is 23.6 Å². The number of likely N-dealkylation sites (tertiary alicyclic amines) is 2. The Balaban J connectivity index is 1.04. The predicted octanol–water partition coefficient (Wildman–Crippen LogP) is 6.41. The Labute approximate surface area is 274 Å². The van der Waals surface area contributed by atoms with E-state index < -0.39 is 12.1 Å². The van der Waals surface area contributed by atoms with Gasteiger partial charge < -0.3 is 19.5 Å². The molecule has 0 aliphatic carbocycles. The molecule has 0 bridgehead atoms. The monoisotopic (exact) mass is 632 g/mol. The van der Waals surface area contributed by atoms with E-state index in [4.69, 9.17) is 4.42 Å². The fourth-order valence-electron chi connectivity index (χ4n) is 6.58. The summed E-state index contributed by atoms with van der Waals surface area (Å²) in [5, 5.41) is 5.82. The zero-order chi connectivity index (χ0) is 32.9. The van der Waals surface area contributed by atoms with Crippen LogP contribution in [0, 0.1) is 0 Å². The van der Waals surface area contributed by atoms with Gasteiger partial charge in [0.1, 0.15) is 17.8 Å². The molecule has 4 aromatic rings. The maximum absolute atomic E-state index is 13.3.